The van der Waals surface area contributed by atoms with Crippen molar-refractivity contribution in [2.75, 3.05) is 0 Å². The Morgan fingerprint density at radius 3 is 2.67 bits per heavy atom. The van der Waals surface area contributed by atoms with E-state index < -0.39 is 0 Å². The zero-order valence-corrected chi connectivity index (χ0v) is 11.2. The summed E-state index contributed by atoms with van der Waals surface area (Å²) in [6.45, 7) is 0.359. The first-order valence-electron chi connectivity index (χ1n) is 6.49. The van der Waals surface area contributed by atoms with Crippen LogP contribution in [0.2, 0.25) is 0 Å². The largest absolute Gasteiger partial charge is 0.345 e. The SMILES string of the molecule is O=C(NCc1ccccn1)c1cn(-c2ccccc2)nn1. The molecule has 6 nitrogen and oxygen atoms in total. The van der Waals surface area contributed by atoms with Gasteiger partial charge in [-0.2, -0.15) is 0 Å². The third kappa shape index (κ3) is 3.11. The number of hydrogen-bond acceptors (Lipinski definition) is 4. The molecule has 104 valence electrons. The van der Waals surface area contributed by atoms with Crippen molar-refractivity contribution in [2.45, 2.75) is 6.54 Å². The smallest absolute Gasteiger partial charge is 0.273 e. The number of carbonyl (C=O) groups is 1. The highest BCUT2D eigenvalue weighted by atomic mass is 16.2. The fourth-order valence-corrected chi connectivity index (χ4v) is 1.84. The van der Waals surface area contributed by atoms with Crippen LogP contribution in [-0.4, -0.2) is 25.9 Å². The summed E-state index contributed by atoms with van der Waals surface area (Å²) in [6.07, 6.45) is 3.29. The normalized spacial score (nSPS) is 10.3. The molecule has 0 aliphatic rings. The van der Waals surface area contributed by atoms with E-state index in [2.05, 4.69) is 20.6 Å². The van der Waals surface area contributed by atoms with Gasteiger partial charge in [0.05, 0.1) is 24.1 Å². The maximum atomic E-state index is 12.0. The molecule has 0 aliphatic carbocycles. The highest BCUT2D eigenvalue weighted by Gasteiger charge is 2.11. The number of amides is 1. The van der Waals surface area contributed by atoms with Gasteiger partial charge in [0.1, 0.15) is 0 Å². The second-order valence-corrected chi connectivity index (χ2v) is 4.39. The molecule has 0 spiro atoms. The fourth-order valence-electron chi connectivity index (χ4n) is 1.84. The number of aromatic nitrogens is 4. The standard InChI is InChI=1S/C15H13N5O/c21-15(17-10-12-6-4-5-9-16-12)14-11-20(19-18-14)13-7-2-1-3-8-13/h1-9,11H,10H2,(H,17,21). The molecule has 2 aromatic heterocycles. The van der Waals surface area contributed by atoms with Crippen molar-refractivity contribution >= 4 is 5.91 Å². The van der Waals surface area contributed by atoms with Gasteiger partial charge in [0.2, 0.25) is 0 Å². The van der Waals surface area contributed by atoms with Gasteiger partial charge in [-0.25, -0.2) is 4.68 Å². The van der Waals surface area contributed by atoms with Gasteiger partial charge in [-0.1, -0.05) is 29.5 Å². The van der Waals surface area contributed by atoms with Gasteiger partial charge in [0.25, 0.3) is 5.91 Å². The number of nitrogens with zero attached hydrogens (tertiary/aromatic N) is 4. The first kappa shape index (κ1) is 13.0. The number of nitrogens with one attached hydrogen (secondary N) is 1. The molecule has 0 fully saturated rings. The topological polar surface area (TPSA) is 72.7 Å². The maximum absolute atomic E-state index is 12.0. The number of rotatable bonds is 4. The molecule has 3 aromatic rings. The highest BCUT2D eigenvalue weighted by Crippen LogP contribution is 2.05. The summed E-state index contributed by atoms with van der Waals surface area (Å²) >= 11 is 0. The van der Waals surface area contributed by atoms with Gasteiger partial charge < -0.3 is 5.32 Å². The summed E-state index contributed by atoms with van der Waals surface area (Å²) in [6, 6.07) is 15.1. The molecule has 0 saturated heterocycles. The zero-order chi connectivity index (χ0) is 14.5. The Morgan fingerprint density at radius 1 is 1.10 bits per heavy atom. The van der Waals surface area contributed by atoms with Crippen molar-refractivity contribution in [3.8, 4) is 5.69 Å². The second kappa shape index (κ2) is 5.96. The van der Waals surface area contributed by atoms with Gasteiger partial charge in [0.15, 0.2) is 5.69 Å². The van der Waals surface area contributed by atoms with E-state index in [-0.39, 0.29) is 11.6 Å². The minimum Gasteiger partial charge on any atom is -0.345 e. The van der Waals surface area contributed by atoms with Gasteiger partial charge in [-0.3, -0.25) is 9.78 Å². The molecule has 0 unspecified atom stereocenters. The number of pyridine rings is 1. The summed E-state index contributed by atoms with van der Waals surface area (Å²) in [7, 11) is 0. The predicted molar refractivity (Wildman–Crippen MR) is 76.8 cm³/mol. The molecule has 0 aliphatic heterocycles. The monoisotopic (exact) mass is 279 g/mol. The van der Waals surface area contributed by atoms with E-state index in [9.17, 15) is 4.79 Å². The molecule has 21 heavy (non-hydrogen) atoms. The van der Waals surface area contributed by atoms with Crippen LogP contribution >= 0.6 is 0 Å². The second-order valence-electron chi connectivity index (χ2n) is 4.39. The quantitative estimate of drug-likeness (QED) is 0.787. The lowest BCUT2D eigenvalue weighted by Crippen LogP contribution is -2.23. The van der Waals surface area contributed by atoms with Crippen LogP contribution in [0, 0.1) is 0 Å². The van der Waals surface area contributed by atoms with E-state index in [0.717, 1.165) is 11.4 Å². The molecule has 1 N–H and O–H groups in total. The van der Waals surface area contributed by atoms with Crippen LogP contribution in [-0.2, 0) is 6.54 Å². The first-order valence-corrected chi connectivity index (χ1v) is 6.49. The van der Waals surface area contributed by atoms with E-state index >= 15 is 0 Å². The average molecular weight is 279 g/mol. The molecule has 0 radical (unpaired) electrons. The molecular formula is C15H13N5O. The molecular weight excluding hydrogens is 266 g/mol. The van der Waals surface area contributed by atoms with E-state index in [1.807, 2.05) is 48.5 Å². The van der Waals surface area contributed by atoms with Crippen molar-refractivity contribution < 1.29 is 4.79 Å². The summed E-state index contributed by atoms with van der Waals surface area (Å²) < 4.78 is 1.57. The van der Waals surface area contributed by atoms with E-state index in [1.54, 1.807) is 17.1 Å². The van der Waals surface area contributed by atoms with Gasteiger partial charge in [-0.05, 0) is 24.3 Å². The van der Waals surface area contributed by atoms with Crippen LogP contribution in [0.15, 0.2) is 60.9 Å². The summed E-state index contributed by atoms with van der Waals surface area (Å²) in [5, 5.41) is 10.6. The summed E-state index contributed by atoms with van der Waals surface area (Å²) in [5.41, 5.74) is 1.92. The molecule has 2 heterocycles. The Balaban J connectivity index is 1.67. The molecule has 1 aromatic carbocycles. The van der Waals surface area contributed by atoms with Crippen LogP contribution in [0.1, 0.15) is 16.2 Å². The molecule has 3 rings (SSSR count). The lowest BCUT2D eigenvalue weighted by molar-refractivity contribution is 0.0945. The van der Waals surface area contributed by atoms with Gasteiger partial charge >= 0.3 is 0 Å². The lowest BCUT2D eigenvalue weighted by Gasteiger charge is -2.01. The Bertz CT molecular complexity index is 724. The molecule has 6 heteroatoms. The van der Waals surface area contributed by atoms with Crippen molar-refractivity contribution in [2.24, 2.45) is 0 Å². The zero-order valence-electron chi connectivity index (χ0n) is 11.2. The summed E-state index contributed by atoms with van der Waals surface area (Å²) in [4.78, 5) is 16.1. The fraction of sp³-hybridized carbons (Fsp3) is 0.0667. The van der Waals surface area contributed by atoms with Crippen LogP contribution in [0.25, 0.3) is 5.69 Å². The Morgan fingerprint density at radius 2 is 1.90 bits per heavy atom. The minimum absolute atomic E-state index is 0.273. The molecule has 0 atom stereocenters. The van der Waals surface area contributed by atoms with Crippen molar-refractivity contribution in [3.05, 3.63) is 72.3 Å². The third-order valence-corrected chi connectivity index (χ3v) is 2.90. The summed E-state index contributed by atoms with van der Waals surface area (Å²) in [5.74, 6) is -0.275. The Hall–Kier alpha value is -3.02. The lowest BCUT2D eigenvalue weighted by atomic mass is 10.3. The van der Waals surface area contributed by atoms with Crippen LogP contribution < -0.4 is 5.32 Å². The van der Waals surface area contributed by atoms with Gasteiger partial charge in [0, 0.05) is 6.20 Å². The average Bonchev–Trinajstić information content (AvgIpc) is 3.04. The number of hydrogen-bond donors (Lipinski definition) is 1. The number of benzene rings is 1. The van der Waals surface area contributed by atoms with E-state index in [1.165, 1.54) is 0 Å². The van der Waals surface area contributed by atoms with Crippen molar-refractivity contribution in [1.29, 1.82) is 0 Å². The Kier molecular flexibility index (Phi) is 3.68. The molecule has 0 saturated carbocycles. The maximum Gasteiger partial charge on any atom is 0.273 e. The number of para-hydroxylation sites is 1. The van der Waals surface area contributed by atoms with Crippen LogP contribution in [0.5, 0.6) is 0 Å². The minimum atomic E-state index is -0.275. The van der Waals surface area contributed by atoms with E-state index in [4.69, 9.17) is 0 Å². The predicted octanol–water partition coefficient (Wildman–Crippen LogP) is 1.59. The first-order chi connectivity index (χ1) is 10.3. The highest BCUT2D eigenvalue weighted by molar-refractivity contribution is 5.91. The van der Waals surface area contributed by atoms with Crippen molar-refractivity contribution in [3.63, 3.8) is 0 Å². The molecule has 0 bridgehead atoms. The molecule has 1 amide bonds. The Labute approximate surface area is 121 Å². The van der Waals surface area contributed by atoms with E-state index in [0.29, 0.717) is 6.54 Å². The van der Waals surface area contributed by atoms with Gasteiger partial charge in [-0.15, -0.1) is 5.10 Å². The third-order valence-electron chi connectivity index (χ3n) is 2.90. The number of carbonyl (C=O) groups excluding carboxylic acids is 1. The van der Waals surface area contributed by atoms with Crippen LogP contribution in [0.3, 0.4) is 0 Å². The van der Waals surface area contributed by atoms with Crippen LogP contribution in [0.4, 0.5) is 0 Å². The van der Waals surface area contributed by atoms with Crippen molar-refractivity contribution in [1.82, 2.24) is 25.3 Å².